The van der Waals surface area contributed by atoms with E-state index < -0.39 is 26.8 Å². The molecule has 0 spiro atoms. The number of anilines is 1. The van der Waals surface area contributed by atoms with Crippen LogP contribution in [0.15, 0.2) is 70.5 Å². The van der Waals surface area contributed by atoms with Crippen LogP contribution in [0.4, 0.5) is 5.69 Å². The van der Waals surface area contributed by atoms with E-state index in [2.05, 4.69) is 17.2 Å². The summed E-state index contributed by atoms with van der Waals surface area (Å²) < 4.78 is 34.3. The molecule has 2 N–H and O–H groups in total. The summed E-state index contributed by atoms with van der Waals surface area (Å²) in [7, 11) is -3.81. The number of nitrogens with one attached hydrogen (secondary N) is 2. The predicted octanol–water partition coefficient (Wildman–Crippen LogP) is 4.72. The standard InChI is InChI=1S/C28H33N3O5S/c1-7-23(32)30-26-27(3,4)16-31(17-28(26,5)6)37(34,35)20-14-12-19(13-15-20)29-25(33)24-18(2)21-10-8-9-11-22(21)36-24/h7-15,26H,1,16-17H2,2-6H3,(H,29,33)(H,30,32). The lowest BCUT2D eigenvalue weighted by Crippen LogP contribution is -2.64. The van der Waals surface area contributed by atoms with E-state index in [9.17, 15) is 18.0 Å². The molecule has 37 heavy (non-hydrogen) atoms. The number of hydrogen-bond acceptors (Lipinski definition) is 5. The molecule has 0 bridgehead atoms. The average Bonchev–Trinajstić information content (AvgIpc) is 3.18. The predicted molar refractivity (Wildman–Crippen MR) is 144 cm³/mol. The van der Waals surface area contributed by atoms with E-state index in [1.54, 1.807) is 18.2 Å². The largest absolute Gasteiger partial charge is 0.451 e. The van der Waals surface area contributed by atoms with Gasteiger partial charge in [-0.25, -0.2) is 8.42 Å². The minimum Gasteiger partial charge on any atom is -0.451 e. The zero-order chi connectivity index (χ0) is 27.2. The molecular weight excluding hydrogens is 490 g/mol. The number of sulfonamides is 1. The Morgan fingerprint density at radius 3 is 2.19 bits per heavy atom. The SMILES string of the molecule is C=CC(=O)NC1C(C)(C)CN(S(=O)(=O)c2ccc(NC(=O)c3oc4ccccc4c3C)cc2)CC1(C)C. The van der Waals surface area contributed by atoms with E-state index in [-0.39, 0.29) is 35.7 Å². The van der Waals surface area contributed by atoms with Crippen LogP contribution in [0.5, 0.6) is 0 Å². The van der Waals surface area contributed by atoms with Crippen LogP contribution in [-0.2, 0) is 14.8 Å². The van der Waals surface area contributed by atoms with Crippen LogP contribution in [0, 0.1) is 17.8 Å². The summed E-state index contributed by atoms with van der Waals surface area (Å²) in [5.74, 6) is -0.469. The fraction of sp³-hybridized carbons (Fsp3) is 0.357. The summed E-state index contributed by atoms with van der Waals surface area (Å²) in [6.45, 7) is 13.6. The van der Waals surface area contributed by atoms with E-state index in [4.69, 9.17) is 4.42 Å². The number of benzene rings is 2. The molecule has 2 heterocycles. The van der Waals surface area contributed by atoms with Gasteiger partial charge < -0.3 is 15.1 Å². The lowest BCUT2D eigenvalue weighted by Gasteiger charge is -2.52. The van der Waals surface area contributed by atoms with Gasteiger partial charge in [0, 0.05) is 35.8 Å². The van der Waals surface area contributed by atoms with Gasteiger partial charge >= 0.3 is 0 Å². The Morgan fingerprint density at radius 2 is 1.62 bits per heavy atom. The maximum absolute atomic E-state index is 13.6. The Hall–Kier alpha value is -3.43. The second kappa shape index (κ2) is 9.46. The van der Waals surface area contributed by atoms with E-state index in [1.807, 2.05) is 52.8 Å². The molecular formula is C28H33N3O5S. The van der Waals surface area contributed by atoms with E-state index in [0.717, 1.165) is 10.9 Å². The van der Waals surface area contributed by atoms with E-state index in [1.165, 1.54) is 22.5 Å². The molecule has 1 aromatic heterocycles. The first-order chi connectivity index (χ1) is 17.3. The summed E-state index contributed by atoms with van der Waals surface area (Å²) in [6.07, 6.45) is 1.23. The molecule has 0 saturated carbocycles. The molecule has 1 aliphatic rings. The normalized spacial score (nSPS) is 17.9. The maximum Gasteiger partial charge on any atom is 0.291 e. The van der Waals surface area contributed by atoms with Gasteiger partial charge in [-0.3, -0.25) is 9.59 Å². The highest BCUT2D eigenvalue weighted by atomic mass is 32.2. The fourth-order valence-corrected chi connectivity index (χ4v) is 7.19. The first-order valence-electron chi connectivity index (χ1n) is 12.1. The third kappa shape index (κ3) is 5.06. The van der Waals surface area contributed by atoms with Gasteiger partial charge in [0.1, 0.15) is 5.58 Å². The number of nitrogens with zero attached hydrogens (tertiary/aromatic N) is 1. The molecule has 1 saturated heterocycles. The number of rotatable bonds is 6. The smallest absolute Gasteiger partial charge is 0.291 e. The number of carbonyl (C=O) groups excluding carboxylic acids is 2. The number of fused-ring (bicyclic) bond motifs is 1. The van der Waals surface area contributed by atoms with Gasteiger partial charge in [0.2, 0.25) is 15.9 Å². The molecule has 3 aromatic rings. The summed E-state index contributed by atoms with van der Waals surface area (Å²) in [6, 6.07) is 13.3. The van der Waals surface area contributed by atoms with Crippen molar-refractivity contribution >= 4 is 38.5 Å². The quantitative estimate of drug-likeness (QED) is 0.455. The number of furan rings is 1. The van der Waals surface area contributed by atoms with Crippen LogP contribution in [0.1, 0.15) is 43.8 Å². The van der Waals surface area contributed by atoms with Crippen molar-refractivity contribution in [1.29, 1.82) is 0 Å². The zero-order valence-corrected chi connectivity index (χ0v) is 22.6. The fourth-order valence-electron chi connectivity index (χ4n) is 5.41. The number of amides is 2. The number of hydrogen-bond donors (Lipinski definition) is 2. The van der Waals surface area contributed by atoms with Gasteiger partial charge in [0.05, 0.1) is 4.90 Å². The molecule has 0 unspecified atom stereocenters. The van der Waals surface area contributed by atoms with Crippen LogP contribution >= 0.6 is 0 Å². The number of carbonyl (C=O) groups is 2. The van der Waals surface area contributed by atoms with Crippen molar-refractivity contribution in [3.8, 4) is 0 Å². The molecule has 8 nitrogen and oxygen atoms in total. The van der Waals surface area contributed by atoms with Crippen molar-refractivity contribution in [3.05, 3.63) is 72.5 Å². The van der Waals surface area contributed by atoms with Crippen LogP contribution in [-0.4, -0.2) is 43.7 Å². The van der Waals surface area contributed by atoms with Crippen molar-refractivity contribution in [2.75, 3.05) is 18.4 Å². The summed E-state index contributed by atoms with van der Waals surface area (Å²) in [5, 5.41) is 6.64. The van der Waals surface area contributed by atoms with Crippen molar-refractivity contribution in [3.63, 3.8) is 0 Å². The Morgan fingerprint density at radius 1 is 1.03 bits per heavy atom. The average molecular weight is 524 g/mol. The van der Waals surface area contributed by atoms with Gasteiger partial charge in [-0.15, -0.1) is 0 Å². The molecule has 1 aliphatic heterocycles. The van der Waals surface area contributed by atoms with Crippen LogP contribution < -0.4 is 10.6 Å². The van der Waals surface area contributed by atoms with Gasteiger partial charge in [-0.05, 0) is 54.2 Å². The van der Waals surface area contributed by atoms with Crippen molar-refractivity contribution < 1.29 is 22.4 Å². The van der Waals surface area contributed by atoms with Crippen LogP contribution in [0.2, 0.25) is 0 Å². The number of para-hydroxylation sites is 1. The lowest BCUT2D eigenvalue weighted by molar-refractivity contribution is -0.120. The molecule has 2 aromatic carbocycles. The third-order valence-corrected chi connectivity index (χ3v) is 8.81. The van der Waals surface area contributed by atoms with Crippen molar-refractivity contribution in [1.82, 2.24) is 9.62 Å². The lowest BCUT2D eigenvalue weighted by atomic mass is 9.67. The Bertz CT molecular complexity index is 1450. The van der Waals surface area contributed by atoms with Crippen molar-refractivity contribution in [2.24, 2.45) is 10.8 Å². The highest BCUT2D eigenvalue weighted by Gasteiger charge is 2.50. The summed E-state index contributed by atoms with van der Waals surface area (Å²) >= 11 is 0. The molecule has 0 radical (unpaired) electrons. The highest BCUT2D eigenvalue weighted by Crippen LogP contribution is 2.42. The Balaban J connectivity index is 1.52. The Kier molecular flexibility index (Phi) is 6.81. The monoisotopic (exact) mass is 523 g/mol. The minimum atomic E-state index is -3.81. The van der Waals surface area contributed by atoms with Crippen molar-refractivity contribution in [2.45, 2.75) is 45.6 Å². The molecule has 2 amide bonds. The first-order valence-corrected chi connectivity index (χ1v) is 13.5. The molecule has 0 atom stereocenters. The summed E-state index contributed by atoms with van der Waals surface area (Å²) in [5.41, 5.74) is 0.781. The van der Waals surface area contributed by atoms with E-state index in [0.29, 0.717) is 11.3 Å². The topological polar surface area (TPSA) is 109 Å². The van der Waals surface area contributed by atoms with Gasteiger partial charge in [0.25, 0.3) is 5.91 Å². The molecule has 1 fully saturated rings. The molecule has 4 rings (SSSR count). The van der Waals surface area contributed by atoms with Crippen LogP contribution in [0.25, 0.3) is 11.0 Å². The third-order valence-electron chi connectivity index (χ3n) is 7.00. The molecule has 196 valence electrons. The second-order valence-electron chi connectivity index (χ2n) is 10.9. The number of piperidine rings is 1. The number of aryl methyl sites for hydroxylation is 1. The second-order valence-corrected chi connectivity index (χ2v) is 12.9. The molecule has 9 heteroatoms. The Labute approximate surface area is 217 Å². The van der Waals surface area contributed by atoms with Gasteiger partial charge in [-0.2, -0.15) is 4.31 Å². The maximum atomic E-state index is 13.6. The highest BCUT2D eigenvalue weighted by molar-refractivity contribution is 7.89. The molecule has 0 aliphatic carbocycles. The van der Waals surface area contributed by atoms with Gasteiger partial charge in [0.15, 0.2) is 5.76 Å². The zero-order valence-electron chi connectivity index (χ0n) is 21.8. The van der Waals surface area contributed by atoms with Crippen LogP contribution in [0.3, 0.4) is 0 Å². The van der Waals surface area contributed by atoms with Gasteiger partial charge in [-0.1, -0.05) is 52.5 Å². The van der Waals surface area contributed by atoms with E-state index >= 15 is 0 Å². The first kappa shape index (κ1) is 26.6. The summed E-state index contributed by atoms with van der Waals surface area (Å²) in [4.78, 5) is 25.0. The minimum absolute atomic E-state index is 0.130.